The van der Waals surface area contributed by atoms with Crippen molar-refractivity contribution in [3.8, 4) is 11.3 Å². The van der Waals surface area contributed by atoms with Crippen LogP contribution in [0.5, 0.6) is 0 Å². The van der Waals surface area contributed by atoms with Crippen molar-refractivity contribution < 1.29 is 4.74 Å². The van der Waals surface area contributed by atoms with Crippen LogP contribution in [0.1, 0.15) is 16.7 Å². The number of aromatic nitrogens is 1. The molecule has 0 N–H and O–H groups in total. The lowest BCUT2D eigenvalue weighted by molar-refractivity contribution is -0.0329. The van der Waals surface area contributed by atoms with E-state index in [1.165, 1.54) is 5.56 Å². The molecule has 1 aliphatic heterocycles. The van der Waals surface area contributed by atoms with Gasteiger partial charge in [0, 0.05) is 35.6 Å². The number of benzene rings is 2. The minimum atomic E-state index is 0.0449. The Morgan fingerprint density at radius 1 is 1.12 bits per heavy atom. The van der Waals surface area contributed by atoms with Crippen LogP contribution < -0.4 is 0 Å². The fourth-order valence-electron chi connectivity index (χ4n) is 3.03. The van der Waals surface area contributed by atoms with Crippen LogP contribution in [0.15, 0.2) is 60.0 Å². The zero-order valence-electron chi connectivity index (χ0n) is 13.8. The normalized spacial score (nSPS) is 18.4. The van der Waals surface area contributed by atoms with Gasteiger partial charge in [-0.05, 0) is 17.7 Å². The molecular weight excluding hydrogens is 352 g/mol. The summed E-state index contributed by atoms with van der Waals surface area (Å²) >= 11 is 7.63. The maximum Gasteiger partial charge on any atom is 0.124 e. The van der Waals surface area contributed by atoms with Crippen molar-refractivity contribution in [1.29, 1.82) is 0 Å². The molecule has 1 atom stereocenters. The smallest absolute Gasteiger partial charge is 0.124 e. The summed E-state index contributed by atoms with van der Waals surface area (Å²) < 4.78 is 5.99. The Bertz CT molecular complexity index is 819. The molecule has 0 amide bonds. The number of nitrogens with zero attached hydrogens (tertiary/aromatic N) is 2. The van der Waals surface area contributed by atoms with E-state index in [0.717, 1.165) is 47.5 Å². The summed E-state index contributed by atoms with van der Waals surface area (Å²) in [6.07, 6.45) is 0.0449. The van der Waals surface area contributed by atoms with Crippen LogP contribution in [-0.4, -0.2) is 29.6 Å². The van der Waals surface area contributed by atoms with Gasteiger partial charge in [-0.25, -0.2) is 4.98 Å². The molecular formula is C20H19ClN2OS. The highest BCUT2D eigenvalue weighted by Gasteiger charge is 2.24. The van der Waals surface area contributed by atoms with Gasteiger partial charge in [0.15, 0.2) is 0 Å². The second-order valence-corrected chi connectivity index (χ2v) is 7.48. The van der Waals surface area contributed by atoms with E-state index < -0.39 is 0 Å². The van der Waals surface area contributed by atoms with Gasteiger partial charge in [0.2, 0.25) is 0 Å². The summed E-state index contributed by atoms with van der Waals surface area (Å²) in [6, 6.07) is 18.4. The van der Waals surface area contributed by atoms with Crippen LogP contribution in [0.25, 0.3) is 11.3 Å². The number of ether oxygens (including phenoxy) is 1. The summed E-state index contributed by atoms with van der Waals surface area (Å²) in [5, 5.41) is 3.88. The van der Waals surface area contributed by atoms with Crippen LogP contribution in [0, 0.1) is 0 Å². The topological polar surface area (TPSA) is 25.4 Å². The average Bonchev–Trinajstić information content (AvgIpc) is 3.14. The average molecular weight is 371 g/mol. The van der Waals surface area contributed by atoms with Gasteiger partial charge in [-0.2, -0.15) is 0 Å². The monoisotopic (exact) mass is 370 g/mol. The van der Waals surface area contributed by atoms with Crippen molar-refractivity contribution in [3.05, 3.63) is 75.6 Å². The molecule has 1 aliphatic rings. The minimum Gasteiger partial charge on any atom is -0.368 e. The fraction of sp³-hybridized carbons (Fsp3) is 0.250. The second kappa shape index (κ2) is 7.67. The lowest BCUT2D eigenvalue weighted by atomic mass is 10.2. The molecule has 0 spiro atoms. The molecule has 4 rings (SSSR count). The highest BCUT2D eigenvalue weighted by molar-refractivity contribution is 7.10. The zero-order valence-corrected chi connectivity index (χ0v) is 15.3. The summed E-state index contributed by atoms with van der Waals surface area (Å²) in [4.78, 5) is 7.24. The largest absolute Gasteiger partial charge is 0.368 e. The highest BCUT2D eigenvalue weighted by atomic mass is 35.5. The van der Waals surface area contributed by atoms with E-state index in [2.05, 4.69) is 40.6 Å². The van der Waals surface area contributed by atoms with Crippen LogP contribution in [0.4, 0.5) is 0 Å². The van der Waals surface area contributed by atoms with Gasteiger partial charge >= 0.3 is 0 Å². The molecule has 1 saturated heterocycles. The van der Waals surface area contributed by atoms with Crippen LogP contribution in [0.3, 0.4) is 0 Å². The van der Waals surface area contributed by atoms with Gasteiger partial charge < -0.3 is 4.74 Å². The first-order chi connectivity index (χ1) is 12.3. The summed E-state index contributed by atoms with van der Waals surface area (Å²) in [6.45, 7) is 3.53. The van der Waals surface area contributed by atoms with E-state index in [9.17, 15) is 0 Å². The van der Waals surface area contributed by atoms with Crippen molar-refractivity contribution in [3.63, 3.8) is 0 Å². The maximum atomic E-state index is 5.99. The van der Waals surface area contributed by atoms with Gasteiger partial charge in [0.05, 0.1) is 12.3 Å². The van der Waals surface area contributed by atoms with Crippen molar-refractivity contribution in [2.24, 2.45) is 0 Å². The third-order valence-electron chi connectivity index (χ3n) is 4.34. The lowest BCUT2D eigenvalue weighted by Crippen LogP contribution is -2.37. The van der Waals surface area contributed by atoms with Gasteiger partial charge in [-0.15, -0.1) is 11.3 Å². The highest BCUT2D eigenvalue weighted by Crippen LogP contribution is 2.30. The summed E-state index contributed by atoms with van der Waals surface area (Å²) in [7, 11) is 0. The fourth-order valence-corrected chi connectivity index (χ4v) is 4.02. The molecule has 2 heterocycles. The predicted molar refractivity (Wildman–Crippen MR) is 103 cm³/mol. The molecule has 3 nitrogen and oxygen atoms in total. The Morgan fingerprint density at radius 2 is 1.92 bits per heavy atom. The van der Waals surface area contributed by atoms with E-state index >= 15 is 0 Å². The Kier molecular flexibility index (Phi) is 5.13. The predicted octanol–water partition coefficient (Wildman–Crippen LogP) is 5.04. The number of hydrogen-bond acceptors (Lipinski definition) is 4. The van der Waals surface area contributed by atoms with E-state index in [-0.39, 0.29) is 6.10 Å². The molecule has 0 aliphatic carbocycles. The Hall–Kier alpha value is -1.72. The SMILES string of the molecule is Clc1ccc(-c2csc(C3CN(Cc4ccccc4)CCO3)n2)cc1. The molecule has 1 aromatic heterocycles. The van der Waals surface area contributed by atoms with Crippen molar-refractivity contribution in [2.75, 3.05) is 19.7 Å². The number of morpholine rings is 1. The van der Waals surface area contributed by atoms with Gasteiger partial charge in [0.25, 0.3) is 0 Å². The van der Waals surface area contributed by atoms with Gasteiger partial charge in [0.1, 0.15) is 11.1 Å². The van der Waals surface area contributed by atoms with Gasteiger partial charge in [-0.1, -0.05) is 54.1 Å². The maximum absolute atomic E-state index is 5.99. The first-order valence-electron chi connectivity index (χ1n) is 8.37. The quantitative estimate of drug-likeness (QED) is 0.643. The third-order valence-corrected chi connectivity index (χ3v) is 5.53. The molecule has 1 fully saturated rings. The first kappa shape index (κ1) is 16.7. The Morgan fingerprint density at radius 3 is 2.72 bits per heavy atom. The molecule has 0 radical (unpaired) electrons. The summed E-state index contributed by atoms with van der Waals surface area (Å²) in [5.74, 6) is 0. The number of hydrogen-bond donors (Lipinski definition) is 0. The van der Waals surface area contributed by atoms with Crippen molar-refractivity contribution in [2.45, 2.75) is 12.6 Å². The van der Waals surface area contributed by atoms with E-state index in [1.54, 1.807) is 11.3 Å². The Balaban J connectivity index is 1.45. The van der Waals surface area contributed by atoms with Crippen LogP contribution in [0.2, 0.25) is 5.02 Å². The number of halogens is 1. The van der Waals surface area contributed by atoms with Crippen molar-refractivity contribution >= 4 is 22.9 Å². The molecule has 0 saturated carbocycles. The van der Waals surface area contributed by atoms with Crippen molar-refractivity contribution in [1.82, 2.24) is 9.88 Å². The number of rotatable bonds is 4. The summed E-state index contributed by atoms with van der Waals surface area (Å²) in [5.41, 5.74) is 3.41. The van der Waals surface area contributed by atoms with E-state index in [0.29, 0.717) is 0 Å². The second-order valence-electron chi connectivity index (χ2n) is 6.16. The molecule has 5 heteroatoms. The van der Waals surface area contributed by atoms with Crippen LogP contribution in [-0.2, 0) is 11.3 Å². The van der Waals surface area contributed by atoms with E-state index in [4.69, 9.17) is 21.3 Å². The zero-order chi connectivity index (χ0) is 17.1. The standard InChI is InChI=1S/C20H19ClN2OS/c21-17-8-6-16(7-9-17)18-14-25-20(22-18)19-13-23(10-11-24-19)12-15-4-2-1-3-5-15/h1-9,14,19H,10-13H2. The minimum absolute atomic E-state index is 0.0449. The first-order valence-corrected chi connectivity index (χ1v) is 9.63. The van der Waals surface area contributed by atoms with E-state index in [1.807, 2.05) is 24.3 Å². The van der Waals surface area contributed by atoms with Crippen LogP contribution >= 0.6 is 22.9 Å². The molecule has 25 heavy (non-hydrogen) atoms. The Labute approximate surface area is 156 Å². The molecule has 1 unspecified atom stereocenters. The lowest BCUT2D eigenvalue weighted by Gasteiger charge is -2.32. The number of thiazole rings is 1. The molecule has 0 bridgehead atoms. The molecule has 3 aromatic rings. The molecule has 128 valence electrons. The van der Waals surface area contributed by atoms with Gasteiger partial charge in [-0.3, -0.25) is 4.90 Å². The third kappa shape index (κ3) is 4.10. The molecule has 2 aromatic carbocycles.